The number of piperazine rings is 1. The van der Waals surface area contributed by atoms with Gasteiger partial charge in [0.25, 0.3) is 0 Å². The number of aromatic nitrogens is 2. The third kappa shape index (κ3) is 4.31. The molecule has 142 valence electrons. The quantitative estimate of drug-likeness (QED) is 0.831. The number of nitrogens with two attached hydrogens (primary N) is 1. The van der Waals surface area contributed by atoms with E-state index in [4.69, 9.17) is 5.14 Å². The van der Waals surface area contributed by atoms with Crippen LogP contribution in [0.1, 0.15) is 11.8 Å². The molecule has 2 heterocycles. The summed E-state index contributed by atoms with van der Waals surface area (Å²) >= 11 is 0. The van der Waals surface area contributed by atoms with E-state index in [0.717, 1.165) is 5.69 Å². The predicted octanol–water partition coefficient (Wildman–Crippen LogP) is 1.06. The Labute approximate surface area is 147 Å². The molecule has 0 aliphatic carbocycles. The van der Waals surface area contributed by atoms with Crippen molar-refractivity contribution >= 4 is 15.7 Å². The van der Waals surface area contributed by atoms with Gasteiger partial charge in [0.05, 0.1) is 11.4 Å². The van der Waals surface area contributed by atoms with E-state index in [0.29, 0.717) is 26.2 Å². The predicted molar refractivity (Wildman–Crippen MR) is 84.6 cm³/mol. The molecule has 0 bridgehead atoms. The highest BCUT2D eigenvalue weighted by molar-refractivity contribution is 7.89. The molecule has 1 aliphatic rings. The van der Waals surface area contributed by atoms with Gasteiger partial charge in [-0.15, -0.1) is 10.2 Å². The lowest BCUT2D eigenvalue weighted by Crippen LogP contribution is -2.46. The minimum Gasteiger partial charge on any atom is -0.416 e. The van der Waals surface area contributed by atoms with Crippen molar-refractivity contribution in [1.82, 2.24) is 15.1 Å². The molecule has 1 saturated heterocycles. The molecule has 26 heavy (non-hydrogen) atoms. The number of sulfonamides is 1. The first-order valence-corrected chi connectivity index (χ1v) is 9.17. The second-order valence-electron chi connectivity index (χ2n) is 5.80. The van der Waals surface area contributed by atoms with E-state index in [9.17, 15) is 21.6 Å². The maximum atomic E-state index is 12.5. The lowest BCUT2D eigenvalue weighted by atomic mass is 10.2. The zero-order valence-corrected chi connectivity index (χ0v) is 14.3. The Hall–Kier alpha value is -2.18. The second kappa shape index (κ2) is 6.85. The largest absolute Gasteiger partial charge is 0.470 e. The van der Waals surface area contributed by atoms with E-state index in [1.165, 1.54) is 12.1 Å². The van der Waals surface area contributed by atoms with E-state index in [-0.39, 0.29) is 17.3 Å². The van der Waals surface area contributed by atoms with Crippen LogP contribution in [-0.2, 0) is 22.7 Å². The molecule has 1 fully saturated rings. The Balaban J connectivity index is 1.56. The number of rotatable bonds is 4. The monoisotopic (exact) mass is 391 g/mol. The first-order chi connectivity index (χ1) is 12.1. The van der Waals surface area contributed by atoms with Gasteiger partial charge in [0.15, 0.2) is 0 Å². The second-order valence-corrected chi connectivity index (χ2v) is 7.36. The molecule has 0 unspecified atom stereocenters. The van der Waals surface area contributed by atoms with Crippen molar-refractivity contribution in [1.29, 1.82) is 0 Å². The zero-order valence-electron chi connectivity index (χ0n) is 13.5. The normalized spacial score (nSPS) is 16.8. The van der Waals surface area contributed by atoms with Gasteiger partial charge in [-0.25, -0.2) is 13.6 Å². The highest BCUT2D eigenvalue weighted by Gasteiger charge is 2.38. The van der Waals surface area contributed by atoms with Gasteiger partial charge in [-0.05, 0) is 24.3 Å². The molecule has 0 saturated carbocycles. The molecule has 1 aromatic carbocycles. The summed E-state index contributed by atoms with van der Waals surface area (Å²) in [4.78, 5) is 3.98. The van der Waals surface area contributed by atoms with E-state index in [1.54, 1.807) is 12.1 Å². The van der Waals surface area contributed by atoms with E-state index < -0.39 is 22.1 Å². The Kier molecular flexibility index (Phi) is 4.90. The molecule has 0 amide bonds. The Bertz CT molecular complexity index is 859. The minimum absolute atomic E-state index is 0.0387. The van der Waals surface area contributed by atoms with Crippen LogP contribution in [0.25, 0.3) is 0 Å². The molecular weight excluding hydrogens is 375 g/mol. The van der Waals surface area contributed by atoms with Crippen LogP contribution < -0.4 is 10.0 Å². The molecule has 0 spiro atoms. The van der Waals surface area contributed by atoms with Crippen molar-refractivity contribution in [2.24, 2.45) is 5.14 Å². The van der Waals surface area contributed by atoms with Crippen molar-refractivity contribution in [3.63, 3.8) is 0 Å². The maximum absolute atomic E-state index is 12.5. The number of anilines is 1. The summed E-state index contributed by atoms with van der Waals surface area (Å²) in [6.07, 6.45) is -4.65. The molecule has 2 N–H and O–H groups in total. The van der Waals surface area contributed by atoms with Gasteiger partial charge < -0.3 is 9.32 Å². The van der Waals surface area contributed by atoms with Gasteiger partial charge >= 0.3 is 12.1 Å². The fourth-order valence-corrected chi connectivity index (χ4v) is 3.15. The maximum Gasteiger partial charge on any atom is 0.470 e. The Morgan fingerprint density at radius 2 is 1.69 bits per heavy atom. The number of hydrogen-bond donors (Lipinski definition) is 1. The smallest absolute Gasteiger partial charge is 0.416 e. The van der Waals surface area contributed by atoms with Gasteiger partial charge in [-0.1, -0.05) is 0 Å². The first kappa shape index (κ1) is 18.6. The van der Waals surface area contributed by atoms with Gasteiger partial charge in [0.2, 0.25) is 15.9 Å². The van der Waals surface area contributed by atoms with Crippen molar-refractivity contribution in [2.75, 3.05) is 31.1 Å². The summed E-state index contributed by atoms with van der Waals surface area (Å²) in [6.45, 7) is 2.55. The Morgan fingerprint density at radius 3 is 2.19 bits per heavy atom. The average molecular weight is 391 g/mol. The standard InChI is InChI=1S/C14H16F3N5O3S/c15-14(16,17)13-20-19-12(25-13)9-21-5-7-22(8-6-21)10-1-3-11(4-2-10)26(18,23)24/h1-4H,5-9H2,(H2,18,23,24). The molecule has 3 rings (SSSR count). The van der Waals surface area contributed by atoms with Gasteiger partial charge in [0.1, 0.15) is 0 Å². The highest BCUT2D eigenvalue weighted by atomic mass is 32.2. The molecule has 8 nitrogen and oxygen atoms in total. The first-order valence-electron chi connectivity index (χ1n) is 7.63. The van der Waals surface area contributed by atoms with Crippen LogP contribution >= 0.6 is 0 Å². The minimum atomic E-state index is -4.65. The zero-order chi connectivity index (χ0) is 18.9. The number of hydrogen-bond acceptors (Lipinski definition) is 7. The van der Waals surface area contributed by atoms with Crippen LogP contribution in [0.2, 0.25) is 0 Å². The SMILES string of the molecule is NS(=O)(=O)c1ccc(N2CCN(Cc3nnc(C(F)(F)F)o3)CC2)cc1. The number of halogens is 3. The van der Waals surface area contributed by atoms with Gasteiger partial charge in [-0.3, -0.25) is 4.90 Å². The summed E-state index contributed by atoms with van der Waals surface area (Å²) in [5.41, 5.74) is 0.842. The molecule has 12 heteroatoms. The summed E-state index contributed by atoms with van der Waals surface area (Å²) in [7, 11) is -3.73. The summed E-state index contributed by atoms with van der Waals surface area (Å²) in [6, 6.07) is 6.22. The lowest BCUT2D eigenvalue weighted by molar-refractivity contribution is -0.157. The van der Waals surface area contributed by atoms with Crippen LogP contribution in [0.3, 0.4) is 0 Å². The molecular formula is C14H16F3N5O3S. The number of alkyl halides is 3. The summed E-state index contributed by atoms with van der Waals surface area (Å²) < 4.78 is 64.5. The van der Waals surface area contributed by atoms with Crippen molar-refractivity contribution < 1.29 is 26.0 Å². The molecule has 1 aliphatic heterocycles. The topological polar surface area (TPSA) is 106 Å². The molecule has 1 aromatic heterocycles. The van der Waals surface area contributed by atoms with E-state index in [1.807, 2.05) is 9.80 Å². The number of benzene rings is 1. The van der Waals surface area contributed by atoms with Crippen LogP contribution in [0.4, 0.5) is 18.9 Å². The van der Waals surface area contributed by atoms with Crippen LogP contribution in [0.15, 0.2) is 33.6 Å². The lowest BCUT2D eigenvalue weighted by Gasteiger charge is -2.35. The average Bonchev–Trinajstić information content (AvgIpc) is 3.04. The fourth-order valence-electron chi connectivity index (χ4n) is 2.63. The fraction of sp³-hybridized carbons (Fsp3) is 0.429. The third-order valence-electron chi connectivity index (χ3n) is 3.97. The van der Waals surface area contributed by atoms with Gasteiger partial charge in [0, 0.05) is 31.9 Å². The molecule has 0 radical (unpaired) electrons. The Morgan fingerprint density at radius 1 is 1.08 bits per heavy atom. The molecule has 0 atom stereocenters. The van der Waals surface area contributed by atoms with E-state index in [2.05, 4.69) is 14.6 Å². The number of nitrogens with zero attached hydrogens (tertiary/aromatic N) is 4. The van der Waals surface area contributed by atoms with Gasteiger partial charge in [-0.2, -0.15) is 13.2 Å². The van der Waals surface area contributed by atoms with Crippen LogP contribution in [0, 0.1) is 0 Å². The van der Waals surface area contributed by atoms with Crippen molar-refractivity contribution in [2.45, 2.75) is 17.6 Å². The molecule has 2 aromatic rings. The van der Waals surface area contributed by atoms with E-state index >= 15 is 0 Å². The third-order valence-corrected chi connectivity index (χ3v) is 4.90. The highest BCUT2D eigenvalue weighted by Crippen LogP contribution is 2.28. The summed E-state index contributed by atoms with van der Waals surface area (Å²) in [5.74, 6) is -1.43. The van der Waals surface area contributed by atoms with Crippen LogP contribution in [-0.4, -0.2) is 49.7 Å². The van der Waals surface area contributed by atoms with Crippen molar-refractivity contribution in [3.8, 4) is 0 Å². The van der Waals surface area contributed by atoms with Crippen LogP contribution in [0.5, 0.6) is 0 Å². The summed E-state index contributed by atoms with van der Waals surface area (Å²) in [5, 5.41) is 11.5. The number of primary sulfonamides is 1. The van der Waals surface area contributed by atoms with Crippen molar-refractivity contribution in [3.05, 3.63) is 36.0 Å².